The first kappa shape index (κ1) is 19.0. The van der Waals surface area contributed by atoms with E-state index in [4.69, 9.17) is 0 Å². The maximum Gasteiger partial charge on any atom is 0.263 e. The molecule has 3 rings (SSSR count). The van der Waals surface area contributed by atoms with Crippen molar-refractivity contribution in [1.29, 1.82) is 0 Å². The first-order valence-corrected chi connectivity index (χ1v) is 9.53. The minimum absolute atomic E-state index is 0.185. The van der Waals surface area contributed by atoms with Crippen molar-refractivity contribution in [2.75, 3.05) is 5.32 Å². The van der Waals surface area contributed by atoms with Gasteiger partial charge in [-0.15, -0.1) is 0 Å². The van der Waals surface area contributed by atoms with E-state index in [1.165, 1.54) is 29.0 Å². The maximum absolute atomic E-state index is 13.1. The van der Waals surface area contributed by atoms with E-state index in [2.05, 4.69) is 28.6 Å². The van der Waals surface area contributed by atoms with Gasteiger partial charge in [0.1, 0.15) is 10.7 Å². The molecule has 1 aromatic heterocycles. The molecule has 0 spiro atoms. The molecule has 0 fully saturated rings. The van der Waals surface area contributed by atoms with Gasteiger partial charge in [-0.2, -0.15) is 0 Å². The number of hydrogen-bond acceptors (Lipinski definition) is 4. The molecule has 0 radical (unpaired) electrons. The number of hydrogen-bond donors (Lipinski definition) is 2. The van der Waals surface area contributed by atoms with Crippen LogP contribution in [0.1, 0.15) is 45.0 Å². The number of aryl methyl sites for hydroxylation is 3. The number of carbonyl (C=O) groups is 1. The number of aromatic nitrogens is 1. The predicted molar refractivity (Wildman–Crippen MR) is 108 cm³/mol. The normalized spacial score (nSPS) is 11.9. The van der Waals surface area contributed by atoms with Gasteiger partial charge in [-0.3, -0.25) is 4.79 Å². The van der Waals surface area contributed by atoms with Crippen molar-refractivity contribution in [1.82, 2.24) is 10.3 Å². The molecular weight excluding hydrogens is 361 g/mol. The van der Waals surface area contributed by atoms with E-state index in [1.807, 2.05) is 32.9 Å². The zero-order chi connectivity index (χ0) is 19.6. The summed E-state index contributed by atoms with van der Waals surface area (Å²) in [5, 5.41) is 6.92. The fourth-order valence-corrected chi connectivity index (χ4v) is 3.71. The third-order valence-electron chi connectivity index (χ3n) is 4.34. The highest BCUT2D eigenvalue weighted by Gasteiger charge is 2.18. The second kappa shape index (κ2) is 7.88. The Bertz CT molecular complexity index is 966. The van der Waals surface area contributed by atoms with Crippen LogP contribution in [0.25, 0.3) is 0 Å². The molecule has 27 heavy (non-hydrogen) atoms. The smallest absolute Gasteiger partial charge is 0.263 e. The van der Waals surface area contributed by atoms with Crippen molar-refractivity contribution < 1.29 is 9.18 Å². The molecule has 1 amide bonds. The van der Waals surface area contributed by atoms with Gasteiger partial charge in [-0.05, 0) is 57.0 Å². The van der Waals surface area contributed by atoms with Crippen LogP contribution in [-0.4, -0.2) is 10.9 Å². The second-order valence-electron chi connectivity index (χ2n) is 6.62. The average molecular weight is 383 g/mol. The van der Waals surface area contributed by atoms with Gasteiger partial charge in [-0.25, -0.2) is 9.37 Å². The summed E-state index contributed by atoms with van der Waals surface area (Å²) in [6.07, 6.45) is 0. The minimum atomic E-state index is -0.294. The summed E-state index contributed by atoms with van der Waals surface area (Å²) < 4.78 is 13.1. The molecule has 2 N–H and O–H groups in total. The van der Waals surface area contributed by atoms with Crippen LogP contribution in [0.2, 0.25) is 0 Å². The topological polar surface area (TPSA) is 54.0 Å². The Kier molecular flexibility index (Phi) is 5.56. The number of nitrogens with zero attached hydrogens (tertiary/aromatic N) is 1. The Hall–Kier alpha value is -2.73. The molecule has 0 bridgehead atoms. The Labute approximate surface area is 162 Å². The van der Waals surface area contributed by atoms with Crippen LogP contribution < -0.4 is 10.6 Å². The number of nitrogens with one attached hydrogen (secondary N) is 2. The Morgan fingerprint density at radius 3 is 2.48 bits per heavy atom. The zero-order valence-electron chi connectivity index (χ0n) is 15.8. The van der Waals surface area contributed by atoms with E-state index < -0.39 is 0 Å². The summed E-state index contributed by atoms with van der Waals surface area (Å²) in [5.74, 6) is -0.479. The molecule has 1 unspecified atom stereocenters. The van der Waals surface area contributed by atoms with Crippen LogP contribution in [0.4, 0.5) is 15.2 Å². The van der Waals surface area contributed by atoms with Crippen LogP contribution >= 0.6 is 11.3 Å². The molecule has 0 aliphatic heterocycles. The monoisotopic (exact) mass is 383 g/mol. The van der Waals surface area contributed by atoms with Gasteiger partial charge in [0, 0.05) is 5.69 Å². The maximum atomic E-state index is 13.1. The van der Waals surface area contributed by atoms with E-state index in [9.17, 15) is 9.18 Å². The predicted octanol–water partition coefficient (Wildman–Crippen LogP) is 5.44. The number of rotatable bonds is 5. The zero-order valence-corrected chi connectivity index (χ0v) is 16.6. The van der Waals surface area contributed by atoms with Gasteiger partial charge in [0.15, 0.2) is 5.13 Å². The molecule has 0 aliphatic rings. The first-order chi connectivity index (χ1) is 12.8. The Morgan fingerprint density at radius 1 is 1.11 bits per heavy atom. The standard InChI is InChI=1S/C21H22FN3OS/c1-12-5-10-18(13(2)11-12)25-21-24-15(4)19(27-21)20(26)23-14(3)16-6-8-17(22)9-7-16/h5-11,14H,1-4H3,(H,23,26)(H,24,25). The lowest BCUT2D eigenvalue weighted by molar-refractivity contribution is 0.0943. The third-order valence-corrected chi connectivity index (χ3v) is 5.42. The number of amides is 1. The number of carbonyl (C=O) groups excluding carboxylic acids is 1. The van der Waals surface area contributed by atoms with Crippen LogP contribution in [0.3, 0.4) is 0 Å². The van der Waals surface area contributed by atoms with Crippen LogP contribution in [0, 0.1) is 26.6 Å². The fourth-order valence-electron chi connectivity index (χ4n) is 2.83. The molecule has 1 atom stereocenters. The van der Waals surface area contributed by atoms with E-state index in [-0.39, 0.29) is 17.8 Å². The number of halogens is 1. The highest BCUT2D eigenvalue weighted by Crippen LogP contribution is 2.28. The summed E-state index contributed by atoms with van der Waals surface area (Å²) in [5.41, 5.74) is 4.82. The molecule has 6 heteroatoms. The van der Waals surface area contributed by atoms with Crippen molar-refractivity contribution in [2.45, 2.75) is 33.7 Å². The summed E-state index contributed by atoms with van der Waals surface area (Å²) in [4.78, 5) is 17.7. The minimum Gasteiger partial charge on any atom is -0.345 e. The van der Waals surface area contributed by atoms with Crippen molar-refractivity contribution in [3.8, 4) is 0 Å². The van der Waals surface area contributed by atoms with Gasteiger partial charge >= 0.3 is 0 Å². The quantitative estimate of drug-likeness (QED) is 0.617. The average Bonchev–Trinajstić information content (AvgIpc) is 2.98. The van der Waals surface area contributed by atoms with E-state index in [0.717, 1.165) is 16.8 Å². The number of anilines is 2. The number of benzene rings is 2. The van der Waals surface area contributed by atoms with Crippen molar-refractivity contribution >= 4 is 28.1 Å². The molecule has 1 heterocycles. The van der Waals surface area contributed by atoms with Crippen molar-refractivity contribution in [3.05, 3.63) is 75.5 Å². The van der Waals surface area contributed by atoms with Gasteiger partial charge in [-0.1, -0.05) is 41.2 Å². The lowest BCUT2D eigenvalue weighted by Crippen LogP contribution is -2.26. The highest BCUT2D eigenvalue weighted by molar-refractivity contribution is 7.17. The summed E-state index contributed by atoms with van der Waals surface area (Å²) in [6.45, 7) is 7.78. The van der Waals surface area contributed by atoms with Gasteiger partial charge in [0.25, 0.3) is 5.91 Å². The van der Waals surface area contributed by atoms with Gasteiger partial charge in [0.05, 0.1) is 11.7 Å². The lowest BCUT2D eigenvalue weighted by atomic mass is 10.1. The van der Waals surface area contributed by atoms with E-state index in [1.54, 1.807) is 12.1 Å². The van der Waals surface area contributed by atoms with Crippen LogP contribution in [0.5, 0.6) is 0 Å². The van der Waals surface area contributed by atoms with Crippen LogP contribution in [-0.2, 0) is 0 Å². The van der Waals surface area contributed by atoms with Crippen molar-refractivity contribution in [3.63, 3.8) is 0 Å². The number of thiazole rings is 1. The molecular formula is C21H22FN3OS. The Balaban J connectivity index is 1.73. The molecule has 0 aliphatic carbocycles. The summed E-state index contributed by atoms with van der Waals surface area (Å²) in [6, 6.07) is 12.0. The lowest BCUT2D eigenvalue weighted by Gasteiger charge is -2.13. The molecule has 0 saturated carbocycles. The van der Waals surface area contributed by atoms with Crippen molar-refractivity contribution in [2.24, 2.45) is 0 Å². The first-order valence-electron chi connectivity index (χ1n) is 8.71. The SMILES string of the molecule is Cc1ccc(Nc2nc(C)c(C(=O)NC(C)c3ccc(F)cc3)s2)c(C)c1. The largest absolute Gasteiger partial charge is 0.345 e. The molecule has 2 aromatic carbocycles. The third kappa shape index (κ3) is 4.52. The van der Waals surface area contributed by atoms with Gasteiger partial charge < -0.3 is 10.6 Å². The van der Waals surface area contributed by atoms with Crippen LogP contribution in [0.15, 0.2) is 42.5 Å². The summed E-state index contributed by atoms with van der Waals surface area (Å²) in [7, 11) is 0. The highest BCUT2D eigenvalue weighted by atomic mass is 32.1. The van der Waals surface area contributed by atoms with E-state index in [0.29, 0.717) is 15.7 Å². The molecule has 0 saturated heterocycles. The summed E-state index contributed by atoms with van der Waals surface area (Å²) >= 11 is 1.32. The van der Waals surface area contributed by atoms with Gasteiger partial charge in [0.2, 0.25) is 0 Å². The van der Waals surface area contributed by atoms with E-state index >= 15 is 0 Å². The molecule has 3 aromatic rings. The molecule has 140 valence electrons. The fraction of sp³-hybridized carbons (Fsp3) is 0.238. The Morgan fingerprint density at radius 2 is 1.81 bits per heavy atom. The second-order valence-corrected chi connectivity index (χ2v) is 7.62. The molecule has 4 nitrogen and oxygen atoms in total.